The van der Waals surface area contributed by atoms with Gasteiger partial charge in [-0.1, -0.05) is 11.3 Å². The Morgan fingerprint density at radius 1 is 1.36 bits per heavy atom. The van der Waals surface area contributed by atoms with Crippen LogP contribution in [0, 0.1) is 0 Å². The van der Waals surface area contributed by atoms with Crippen molar-refractivity contribution in [3.63, 3.8) is 0 Å². The quantitative estimate of drug-likeness (QED) is 0.819. The fourth-order valence-corrected chi connectivity index (χ4v) is 2.13. The van der Waals surface area contributed by atoms with E-state index in [1.54, 1.807) is 11.3 Å². The van der Waals surface area contributed by atoms with Crippen molar-refractivity contribution in [2.24, 2.45) is 0 Å². The maximum absolute atomic E-state index is 4.53. The maximum Gasteiger partial charge on any atom is 0.185 e. The molecule has 1 heterocycles. The number of rotatable bonds is 2. The number of thiazole rings is 1. The predicted octanol–water partition coefficient (Wildman–Crippen LogP) is 2.40. The molecule has 0 aliphatic rings. The fraction of sp³-hybridized carbons (Fsp3) is 0.300. The summed E-state index contributed by atoms with van der Waals surface area (Å²) in [4.78, 5) is 6.56. The summed E-state index contributed by atoms with van der Waals surface area (Å²) >= 11 is 1.71. The number of benzene rings is 1. The van der Waals surface area contributed by atoms with Crippen LogP contribution in [-0.2, 0) is 0 Å². The van der Waals surface area contributed by atoms with Gasteiger partial charge in [0.2, 0.25) is 0 Å². The van der Waals surface area contributed by atoms with E-state index in [4.69, 9.17) is 0 Å². The van der Waals surface area contributed by atoms with E-state index < -0.39 is 0 Å². The Kier molecular flexibility index (Phi) is 2.29. The van der Waals surface area contributed by atoms with Gasteiger partial charge in [-0.25, -0.2) is 4.98 Å². The number of nitrogens with one attached hydrogen (secondary N) is 1. The fourth-order valence-electron chi connectivity index (χ4n) is 1.26. The standard InChI is InChI=1S/C10H13N3S/c1-11-7-4-5-9-8(6-7)12-10(14-9)13(2)3/h4-6,11H,1-3H3. The molecule has 0 bridgehead atoms. The molecule has 2 aromatic rings. The highest BCUT2D eigenvalue weighted by atomic mass is 32.1. The number of aromatic nitrogens is 1. The lowest BCUT2D eigenvalue weighted by Crippen LogP contribution is -2.07. The number of anilines is 2. The van der Waals surface area contributed by atoms with Crippen molar-refractivity contribution in [3.05, 3.63) is 18.2 Å². The molecular formula is C10H13N3S. The molecule has 1 N–H and O–H groups in total. The van der Waals surface area contributed by atoms with E-state index in [9.17, 15) is 0 Å². The molecule has 0 amide bonds. The van der Waals surface area contributed by atoms with E-state index >= 15 is 0 Å². The Balaban J connectivity index is 2.54. The molecule has 74 valence electrons. The monoisotopic (exact) mass is 207 g/mol. The SMILES string of the molecule is CNc1ccc2sc(N(C)C)nc2c1. The number of hydrogen-bond donors (Lipinski definition) is 1. The molecule has 1 aromatic carbocycles. The summed E-state index contributed by atoms with van der Waals surface area (Å²) in [5.41, 5.74) is 2.17. The van der Waals surface area contributed by atoms with Crippen LogP contribution in [0.1, 0.15) is 0 Å². The minimum atomic E-state index is 1.05. The van der Waals surface area contributed by atoms with Crippen LogP contribution < -0.4 is 10.2 Å². The third-order valence-corrected chi connectivity index (χ3v) is 3.25. The first-order chi connectivity index (χ1) is 6.70. The van der Waals surface area contributed by atoms with E-state index in [-0.39, 0.29) is 0 Å². The smallest absolute Gasteiger partial charge is 0.185 e. The lowest BCUT2D eigenvalue weighted by Gasteiger charge is -2.04. The van der Waals surface area contributed by atoms with Crippen molar-refractivity contribution >= 4 is 32.4 Å². The van der Waals surface area contributed by atoms with Crippen molar-refractivity contribution < 1.29 is 0 Å². The first-order valence-corrected chi connectivity index (χ1v) is 5.28. The third kappa shape index (κ3) is 1.53. The zero-order chi connectivity index (χ0) is 10.1. The summed E-state index contributed by atoms with van der Waals surface area (Å²) in [7, 11) is 5.94. The van der Waals surface area contributed by atoms with Crippen LogP contribution in [0.5, 0.6) is 0 Å². The summed E-state index contributed by atoms with van der Waals surface area (Å²) < 4.78 is 1.23. The molecule has 1 aromatic heterocycles. The molecule has 0 aliphatic carbocycles. The van der Waals surface area contributed by atoms with Crippen LogP contribution in [0.4, 0.5) is 10.8 Å². The van der Waals surface area contributed by atoms with Crippen molar-refractivity contribution in [1.29, 1.82) is 0 Å². The first-order valence-electron chi connectivity index (χ1n) is 4.46. The molecule has 0 saturated carbocycles. The maximum atomic E-state index is 4.53. The van der Waals surface area contributed by atoms with Gasteiger partial charge in [0.15, 0.2) is 5.13 Å². The van der Waals surface area contributed by atoms with Gasteiger partial charge < -0.3 is 10.2 Å². The van der Waals surface area contributed by atoms with Gasteiger partial charge in [-0.15, -0.1) is 0 Å². The highest BCUT2D eigenvalue weighted by molar-refractivity contribution is 7.22. The largest absolute Gasteiger partial charge is 0.388 e. The van der Waals surface area contributed by atoms with Crippen molar-refractivity contribution in [2.75, 3.05) is 31.4 Å². The second-order valence-corrected chi connectivity index (χ2v) is 4.33. The van der Waals surface area contributed by atoms with E-state index in [0.29, 0.717) is 0 Å². The van der Waals surface area contributed by atoms with Crippen LogP contribution in [0.25, 0.3) is 10.2 Å². The van der Waals surface area contributed by atoms with Crippen LogP contribution in [0.15, 0.2) is 18.2 Å². The summed E-state index contributed by atoms with van der Waals surface area (Å²) in [6.07, 6.45) is 0. The molecule has 0 fully saturated rings. The molecule has 0 aliphatic heterocycles. The Bertz CT molecular complexity index is 448. The van der Waals surface area contributed by atoms with Gasteiger partial charge in [0.1, 0.15) is 0 Å². The van der Waals surface area contributed by atoms with E-state index in [0.717, 1.165) is 16.3 Å². The molecule has 14 heavy (non-hydrogen) atoms. The van der Waals surface area contributed by atoms with Gasteiger partial charge in [0.25, 0.3) is 0 Å². The zero-order valence-electron chi connectivity index (χ0n) is 8.53. The molecule has 0 saturated heterocycles. The normalized spacial score (nSPS) is 10.5. The molecule has 0 unspecified atom stereocenters. The summed E-state index contributed by atoms with van der Waals surface area (Å²) in [6.45, 7) is 0. The lowest BCUT2D eigenvalue weighted by molar-refractivity contribution is 1.11. The minimum Gasteiger partial charge on any atom is -0.388 e. The minimum absolute atomic E-state index is 1.05. The zero-order valence-corrected chi connectivity index (χ0v) is 9.35. The van der Waals surface area contributed by atoms with Crippen LogP contribution in [0.3, 0.4) is 0 Å². The summed E-state index contributed by atoms with van der Waals surface area (Å²) in [5.74, 6) is 0. The van der Waals surface area contributed by atoms with E-state index in [1.807, 2.05) is 26.0 Å². The third-order valence-electron chi connectivity index (χ3n) is 2.05. The average Bonchev–Trinajstić information content (AvgIpc) is 2.59. The number of hydrogen-bond acceptors (Lipinski definition) is 4. The molecular weight excluding hydrogens is 194 g/mol. The molecule has 0 atom stereocenters. The first kappa shape index (κ1) is 9.27. The summed E-state index contributed by atoms with van der Waals surface area (Å²) in [6, 6.07) is 6.24. The van der Waals surface area contributed by atoms with E-state index in [2.05, 4.69) is 28.5 Å². The highest BCUT2D eigenvalue weighted by Gasteiger charge is 2.05. The van der Waals surface area contributed by atoms with Crippen molar-refractivity contribution in [3.8, 4) is 0 Å². The van der Waals surface area contributed by atoms with Gasteiger partial charge in [0.05, 0.1) is 10.2 Å². The Morgan fingerprint density at radius 2 is 2.14 bits per heavy atom. The van der Waals surface area contributed by atoms with Gasteiger partial charge >= 0.3 is 0 Å². The molecule has 0 radical (unpaired) electrons. The molecule has 3 nitrogen and oxygen atoms in total. The lowest BCUT2D eigenvalue weighted by atomic mass is 10.3. The van der Waals surface area contributed by atoms with Gasteiger partial charge in [-0.3, -0.25) is 0 Å². The Labute approximate surface area is 87.4 Å². The van der Waals surface area contributed by atoms with Gasteiger partial charge in [-0.05, 0) is 18.2 Å². The van der Waals surface area contributed by atoms with Gasteiger partial charge in [0, 0.05) is 26.8 Å². The highest BCUT2D eigenvalue weighted by Crippen LogP contribution is 2.29. The van der Waals surface area contributed by atoms with Crippen LogP contribution in [0.2, 0.25) is 0 Å². The molecule has 4 heteroatoms. The van der Waals surface area contributed by atoms with Crippen molar-refractivity contribution in [2.45, 2.75) is 0 Å². The Hall–Kier alpha value is -1.29. The van der Waals surface area contributed by atoms with Crippen molar-refractivity contribution in [1.82, 2.24) is 4.98 Å². The number of fused-ring (bicyclic) bond motifs is 1. The predicted molar refractivity (Wildman–Crippen MR) is 63.5 cm³/mol. The summed E-state index contributed by atoms with van der Waals surface area (Å²) in [5, 5.41) is 4.16. The topological polar surface area (TPSA) is 28.2 Å². The second kappa shape index (κ2) is 3.46. The van der Waals surface area contributed by atoms with Gasteiger partial charge in [-0.2, -0.15) is 0 Å². The van der Waals surface area contributed by atoms with E-state index in [1.165, 1.54) is 4.70 Å². The molecule has 0 spiro atoms. The average molecular weight is 207 g/mol. The Morgan fingerprint density at radius 3 is 2.79 bits per heavy atom. The molecule has 2 rings (SSSR count). The van der Waals surface area contributed by atoms with Crippen LogP contribution >= 0.6 is 11.3 Å². The second-order valence-electron chi connectivity index (χ2n) is 3.32. The number of nitrogens with zero attached hydrogens (tertiary/aromatic N) is 2. The van der Waals surface area contributed by atoms with Crippen LogP contribution in [-0.4, -0.2) is 26.1 Å².